The zero-order valence-electron chi connectivity index (χ0n) is 11.1. The molecule has 1 aliphatic rings. The second-order valence-electron chi connectivity index (χ2n) is 5.82. The van der Waals surface area contributed by atoms with E-state index >= 15 is 0 Å². The highest BCUT2D eigenvalue weighted by Crippen LogP contribution is 2.49. The molecule has 18 heavy (non-hydrogen) atoms. The molecular weight excluding hydrogens is 229 g/mol. The minimum atomic E-state index is -0.664. The minimum absolute atomic E-state index is 0.280. The Morgan fingerprint density at radius 2 is 2.28 bits per heavy atom. The second-order valence-corrected chi connectivity index (χ2v) is 5.82. The predicted molar refractivity (Wildman–Crippen MR) is 70.6 cm³/mol. The lowest BCUT2D eigenvalue weighted by molar-refractivity contribution is 0.0301. The number of aryl methyl sites for hydroxylation is 1. The Kier molecular flexibility index (Phi) is 3.74. The number of aliphatic hydroxyl groups excluding tert-OH is 1. The van der Waals surface area contributed by atoms with E-state index in [1.165, 1.54) is 12.1 Å². The lowest BCUT2D eigenvalue weighted by Gasteiger charge is -2.34. The summed E-state index contributed by atoms with van der Waals surface area (Å²) in [5.41, 5.74) is 7.24. The Bertz CT molecular complexity index is 435. The first-order valence-corrected chi connectivity index (χ1v) is 6.63. The fourth-order valence-electron chi connectivity index (χ4n) is 3.21. The fourth-order valence-corrected chi connectivity index (χ4v) is 3.21. The second kappa shape index (κ2) is 4.98. The molecule has 0 spiro atoms. The molecule has 1 aromatic carbocycles. The summed E-state index contributed by atoms with van der Waals surface area (Å²) in [5, 5.41) is 10.6. The van der Waals surface area contributed by atoms with E-state index in [1.807, 2.05) is 6.92 Å². The predicted octanol–water partition coefficient (Wildman–Crippen LogP) is 2.93. The Morgan fingerprint density at radius 3 is 2.83 bits per heavy atom. The van der Waals surface area contributed by atoms with Crippen molar-refractivity contribution in [3.63, 3.8) is 0 Å². The largest absolute Gasteiger partial charge is 0.388 e. The van der Waals surface area contributed by atoms with Gasteiger partial charge in [-0.05, 0) is 48.9 Å². The zero-order chi connectivity index (χ0) is 13.3. The number of hydrogen-bond donors (Lipinski definition) is 2. The van der Waals surface area contributed by atoms with E-state index < -0.39 is 6.10 Å². The van der Waals surface area contributed by atoms with E-state index in [-0.39, 0.29) is 11.2 Å². The van der Waals surface area contributed by atoms with Gasteiger partial charge in [-0.1, -0.05) is 19.4 Å². The molecule has 3 unspecified atom stereocenters. The molecule has 2 rings (SSSR count). The van der Waals surface area contributed by atoms with Crippen LogP contribution in [0.4, 0.5) is 4.39 Å². The van der Waals surface area contributed by atoms with Gasteiger partial charge in [0.2, 0.25) is 0 Å². The van der Waals surface area contributed by atoms with Gasteiger partial charge in [0.1, 0.15) is 5.82 Å². The van der Waals surface area contributed by atoms with Crippen molar-refractivity contribution in [3.05, 3.63) is 35.1 Å². The SMILES string of the molecule is Cc1ccc(F)cc1C(O)C1(CN)CCC(C)C1. The van der Waals surface area contributed by atoms with Crippen LogP contribution in [0, 0.1) is 24.1 Å². The number of hydrogen-bond acceptors (Lipinski definition) is 2. The van der Waals surface area contributed by atoms with Crippen molar-refractivity contribution >= 4 is 0 Å². The Labute approximate surface area is 108 Å². The van der Waals surface area contributed by atoms with Crippen LogP contribution in [0.25, 0.3) is 0 Å². The molecule has 3 atom stereocenters. The molecular formula is C15H22FNO. The van der Waals surface area contributed by atoms with Crippen molar-refractivity contribution in [1.29, 1.82) is 0 Å². The highest BCUT2D eigenvalue weighted by atomic mass is 19.1. The van der Waals surface area contributed by atoms with Crippen LogP contribution in [0.1, 0.15) is 43.4 Å². The average Bonchev–Trinajstić information content (AvgIpc) is 2.74. The third kappa shape index (κ3) is 2.29. The topological polar surface area (TPSA) is 46.2 Å². The lowest BCUT2D eigenvalue weighted by atomic mass is 9.76. The van der Waals surface area contributed by atoms with E-state index in [0.717, 1.165) is 24.8 Å². The zero-order valence-corrected chi connectivity index (χ0v) is 11.1. The lowest BCUT2D eigenvalue weighted by Crippen LogP contribution is -2.35. The maximum atomic E-state index is 13.4. The van der Waals surface area contributed by atoms with Gasteiger partial charge in [0.25, 0.3) is 0 Å². The molecule has 2 nitrogen and oxygen atoms in total. The van der Waals surface area contributed by atoms with E-state index in [1.54, 1.807) is 6.07 Å². The van der Waals surface area contributed by atoms with Crippen molar-refractivity contribution in [2.75, 3.05) is 6.54 Å². The number of benzene rings is 1. The molecule has 3 heteroatoms. The average molecular weight is 251 g/mol. The molecule has 1 saturated carbocycles. The number of rotatable bonds is 3. The molecule has 0 radical (unpaired) electrons. The first kappa shape index (κ1) is 13.5. The van der Waals surface area contributed by atoms with Gasteiger partial charge in [-0.25, -0.2) is 4.39 Å². The first-order chi connectivity index (χ1) is 8.48. The van der Waals surface area contributed by atoms with E-state index in [9.17, 15) is 9.50 Å². The standard InChI is InChI=1S/C15H22FNO/c1-10-5-6-15(8-10,9-17)14(18)13-7-12(16)4-3-11(13)2/h3-4,7,10,14,18H,5-6,8-9,17H2,1-2H3. The molecule has 0 aliphatic heterocycles. The van der Waals surface area contributed by atoms with E-state index in [2.05, 4.69) is 6.92 Å². The molecule has 0 saturated heterocycles. The number of aliphatic hydroxyl groups is 1. The summed E-state index contributed by atoms with van der Waals surface area (Å²) < 4.78 is 13.4. The van der Waals surface area contributed by atoms with Gasteiger partial charge in [0.05, 0.1) is 6.10 Å². The quantitative estimate of drug-likeness (QED) is 0.867. The van der Waals surface area contributed by atoms with Gasteiger partial charge >= 0.3 is 0 Å². The summed E-state index contributed by atoms with van der Waals surface area (Å²) >= 11 is 0. The van der Waals surface area contributed by atoms with Gasteiger partial charge < -0.3 is 10.8 Å². The molecule has 0 aromatic heterocycles. The van der Waals surface area contributed by atoms with Gasteiger partial charge in [-0.3, -0.25) is 0 Å². The van der Waals surface area contributed by atoms with Crippen LogP contribution in [0.15, 0.2) is 18.2 Å². The maximum absolute atomic E-state index is 13.4. The van der Waals surface area contributed by atoms with Crippen LogP contribution >= 0.6 is 0 Å². The third-order valence-electron chi connectivity index (χ3n) is 4.41. The summed E-state index contributed by atoms with van der Waals surface area (Å²) in [6.07, 6.45) is 2.26. The van der Waals surface area contributed by atoms with Gasteiger partial charge in [-0.2, -0.15) is 0 Å². The highest BCUT2D eigenvalue weighted by Gasteiger charge is 2.43. The van der Waals surface area contributed by atoms with Crippen LogP contribution in [-0.2, 0) is 0 Å². The normalized spacial score (nSPS) is 29.5. The fraction of sp³-hybridized carbons (Fsp3) is 0.600. The van der Waals surface area contributed by atoms with Crippen LogP contribution in [0.3, 0.4) is 0 Å². The minimum Gasteiger partial charge on any atom is -0.388 e. The molecule has 3 N–H and O–H groups in total. The maximum Gasteiger partial charge on any atom is 0.123 e. The van der Waals surface area contributed by atoms with Crippen LogP contribution in [0.2, 0.25) is 0 Å². The van der Waals surface area contributed by atoms with E-state index in [4.69, 9.17) is 5.73 Å². The Balaban J connectivity index is 2.34. The van der Waals surface area contributed by atoms with E-state index in [0.29, 0.717) is 18.0 Å². The molecule has 1 aliphatic carbocycles. The molecule has 1 aromatic rings. The number of halogens is 1. The summed E-state index contributed by atoms with van der Waals surface area (Å²) in [7, 11) is 0. The van der Waals surface area contributed by atoms with Crippen molar-refractivity contribution in [1.82, 2.24) is 0 Å². The number of nitrogens with two attached hydrogens (primary N) is 1. The monoisotopic (exact) mass is 251 g/mol. The Morgan fingerprint density at radius 1 is 1.56 bits per heavy atom. The van der Waals surface area contributed by atoms with Crippen molar-refractivity contribution < 1.29 is 9.50 Å². The molecule has 1 fully saturated rings. The van der Waals surface area contributed by atoms with Crippen molar-refractivity contribution in [2.45, 2.75) is 39.2 Å². The summed E-state index contributed by atoms with van der Waals surface area (Å²) in [4.78, 5) is 0. The van der Waals surface area contributed by atoms with Crippen molar-refractivity contribution in [3.8, 4) is 0 Å². The Hall–Kier alpha value is -0.930. The molecule has 0 bridgehead atoms. The summed E-state index contributed by atoms with van der Waals surface area (Å²) in [6, 6.07) is 4.59. The van der Waals surface area contributed by atoms with Crippen molar-refractivity contribution in [2.24, 2.45) is 17.1 Å². The molecule has 0 heterocycles. The van der Waals surface area contributed by atoms with Gasteiger partial charge in [-0.15, -0.1) is 0 Å². The highest BCUT2D eigenvalue weighted by molar-refractivity contribution is 5.30. The van der Waals surface area contributed by atoms with Crippen LogP contribution < -0.4 is 5.73 Å². The summed E-state index contributed by atoms with van der Waals surface area (Å²) in [6.45, 7) is 4.54. The molecule has 100 valence electrons. The van der Waals surface area contributed by atoms with Gasteiger partial charge in [0, 0.05) is 12.0 Å². The van der Waals surface area contributed by atoms with Crippen LogP contribution in [0.5, 0.6) is 0 Å². The smallest absolute Gasteiger partial charge is 0.123 e. The summed E-state index contributed by atoms with van der Waals surface area (Å²) in [5.74, 6) is 0.282. The van der Waals surface area contributed by atoms with Gasteiger partial charge in [0.15, 0.2) is 0 Å². The first-order valence-electron chi connectivity index (χ1n) is 6.63. The van der Waals surface area contributed by atoms with Crippen LogP contribution in [-0.4, -0.2) is 11.7 Å². The third-order valence-corrected chi connectivity index (χ3v) is 4.41. The molecule has 0 amide bonds.